The van der Waals surface area contributed by atoms with E-state index in [0.717, 1.165) is 23.3 Å². The van der Waals surface area contributed by atoms with Gasteiger partial charge in [-0.1, -0.05) is 23.7 Å². The number of halogens is 4. The third-order valence-corrected chi connectivity index (χ3v) is 7.58. The molecule has 43 heavy (non-hydrogen) atoms. The number of aliphatic hydroxyl groups is 1. The van der Waals surface area contributed by atoms with Crippen molar-refractivity contribution in [1.82, 2.24) is 24.4 Å². The zero-order valence-electron chi connectivity index (χ0n) is 23.6. The average Bonchev–Trinajstić information content (AvgIpc) is 3.23. The van der Waals surface area contributed by atoms with E-state index in [9.17, 15) is 27.9 Å². The highest BCUT2D eigenvalue weighted by molar-refractivity contribution is 6.30. The number of hydrogen-bond acceptors (Lipinski definition) is 6. The Balaban J connectivity index is 1.28. The monoisotopic (exact) mass is 617 g/mol. The quantitative estimate of drug-likeness (QED) is 0.274. The fourth-order valence-electron chi connectivity index (χ4n) is 5.32. The Morgan fingerprint density at radius 2 is 1.77 bits per heavy atom. The molecule has 2 N–H and O–H groups in total. The number of benzene rings is 1. The van der Waals surface area contributed by atoms with Crippen molar-refractivity contribution in [2.45, 2.75) is 63.9 Å². The minimum Gasteiger partial charge on any atom is -0.475 e. The van der Waals surface area contributed by atoms with Gasteiger partial charge in [-0.2, -0.15) is 13.2 Å². The van der Waals surface area contributed by atoms with E-state index in [0.29, 0.717) is 43.8 Å². The number of nitrogens with zero attached hydrogens (tertiary/aromatic N) is 4. The van der Waals surface area contributed by atoms with Gasteiger partial charge in [0.1, 0.15) is 6.61 Å². The molecule has 1 fully saturated rings. The highest BCUT2D eigenvalue weighted by Gasteiger charge is 2.38. The summed E-state index contributed by atoms with van der Waals surface area (Å²) in [6.45, 7) is 3.77. The summed E-state index contributed by atoms with van der Waals surface area (Å²) in [4.78, 5) is 34.1. The molecule has 1 amide bonds. The van der Waals surface area contributed by atoms with E-state index in [1.807, 2.05) is 24.3 Å². The van der Waals surface area contributed by atoms with Crippen molar-refractivity contribution in [3.05, 3.63) is 81.6 Å². The number of alkyl halides is 3. The molecule has 0 aliphatic heterocycles. The first-order valence-corrected chi connectivity index (χ1v) is 14.2. The lowest BCUT2D eigenvalue weighted by molar-refractivity contribution is -0.141. The first-order valence-electron chi connectivity index (χ1n) is 13.9. The van der Waals surface area contributed by atoms with Gasteiger partial charge in [-0.3, -0.25) is 13.9 Å². The first-order chi connectivity index (χ1) is 20.3. The van der Waals surface area contributed by atoms with Crippen LogP contribution in [0, 0.1) is 5.92 Å². The Bertz CT molecular complexity index is 1670. The van der Waals surface area contributed by atoms with Gasteiger partial charge in [-0.25, -0.2) is 14.8 Å². The van der Waals surface area contributed by atoms with Crippen molar-refractivity contribution < 1.29 is 27.8 Å². The summed E-state index contributed by atoms with van der Waals surface area (Å²) in [6.07, 6.45) is 0.0718. The predicted octanol–water partition coefficient (Wildman–Crippen LogP) is 5.39. The highest BCUT2D eigenvalue weighted by atomic mass is 35.5. The fourth-order valence-corrected chi connectivity index (χ4v) is 5.48. The second-order valence-electron chi connectivity index (χ2n) is 11.4. The standard InChI is InChI=1S/C30H31ClF3N5O4/c1-29(2,42)17-43-25-12-11-21(15-35-25)39-24-6-4-3-5-23(24)38(28(39)41)16-18-7-9-20(10-8-18)37-27(40)22-13-19(31)14-36-26(22)30(32,33)34/h3-6,11-15,18,20,42H,7-10,16-17H2,1-2H3,(H,37,40)/t18-,20-. The lowest BCUT2D eigenvalue weighted by atomic mass is 9.85. The molecule has 0 bridgehead atoms. The number of pyridine rings is 2. The number of carbonyl (C=O) groups is 1. The maximum Gasteiger partial charge on any atom is 0.434 e. The van der Waals surface area contributed by atoms with E-state index >= 15 is 0 Å². The van der Waals surface area contributed by atoms with Crippen LogP contribution in [0.5, 0.6) is 5.88 Å². The van der Waals surface area contributed by atoms with Gasteiger partial charge < -0.3 is 15.2 Å². The molecule has 3 heterocycles. The van der Waals surface area contributed by atoms with Crippen LogP contribution in [0.4, 0.5) is 13.2 Å². The molecule has 228 valence electrons. The molecule has 9 nitrogen and oxygen atoms in total. The Hall–Kier alpha value is -3.90. The number of hydrogen-bond donors (Lipinski definition) is 2. The predicted molar refractivity (Wildman–Crippen MR) is 155 cm³/mol. The second-order valence-corrected chi connectivity index (χ2v) is 11.8. The van der Waals surface area contributed by atoms with Crippen LogP contribution in [0.25, 0.3) is 16.7 Å². The van der Waals surface area contributed by atoms with Crippen molar-refractivity contribution >= 4 is 28.5 Å². The summed E-state index contributed by atoms with van der Waals surface area (Å²) < 4.78 is 49.0. The normalized spacial score (nSPS) is 17.7. The van der Waals surface area contributed by atoms with Crippen molar-refractivity contribution in [3.63, 3.8) is 0 Å². The van der Waals surface area contributed by atoms with Gasteiger partial charge in [0.2, 0.25) is 5.88 Å². The molecule has 0 radical (unpaired) electrons. The first kappa shape index (κ1) is 30.6. The summed E-state index contributed by atoms with van der Waals surface area (Å²) in [5.74, 6) is -0.414. The van der Waals surface area contributed by atoms with Crippen LogP contribution < -0.4 is 15.7 Å². The third kappa shape index (κ3) is 7.02. The molecule has 0 atom stereocenters. The number of para-hydroxylation sites is 2. The van der Waals surface area contributed by atoms with Crippen LogP contribution in [0.1, 0.15) is 55.6 Å². The van der Waals surface area contributed by atoms with E-state index in [2.05, 4.69) is 15.3 Å². The molecule has 4 aromatic rings. The molecule has 1 aromatic carbocycles. The number of amides is 1. The number of imidazole rings is 1. The van der Waals surface area contributed by atoms with Gasteiger partial charge in [0.05, 0.1) is 39.1 Å². The number of aromatic nitrogens is 4. The highest BCUT2D eigenvalue weighted by Crippen LogP contribution is 2.32. The Kier molecular flexibility index (Phi) is 8.53. The molecule has 1 aliphatic rings. The lowest BCUT2D eigenvalue weighted by Crippen LogP contribution is -2.39. The maximum absolute atomic E-state index is 13.7. The van der Waals surface area contributed by atoms with Crippen LogP contribution in [0.2, 0.25) is 5.02 Å². The van der Waals surface area contributed by atoms with Gasteiger partial charge >= 0.3 is 11.9 Å². The molecule has 1 aliphatic carbocycles. The average molecular weight is 618 g/mol. The van der Waals surface area contributed by atoms with Crippen LogP contribution in [0.15, 0.2) is 59.7 Å². The summed E-state index contributed by atoms with van der Waals surface area (Å²) in [6, 6.07) is 11.5. The van der Waals surface area contributed by atoms with E-state index in [-0.39, 0.29) is 29.3 Å². The number of rotatable bonds is 8. The van der Waals surface area contributed by atoms with Gasteiger partial charge in [0, 0.05) is 24.8 Å². The Morgan fingerprint density at radius 3 is 2.40 bits per heavy atom. The van der Waals surface area contributed by atoms with Gasteiger partial charge in [-0.15, -0.1) is 0 Å². The number of carbonyl (C=O) groups excluding carboxylic acids is 1. The number of nitrogens with one attached hydrogen (secondary N) is 1. The summed E-state index contributed by atoms with van der Waals surface area (Å²) in [5, 5.41) is 12.5. The second kappa shape index (κ2) is 12.0. The molecule has 1 saturated carbocycles. The molecular formula is C30H31ClF3N5O4. The molecule has 13 heteroatoms. The van der Waals surface area contributed by atoms with Crippen LogP contribution in [0.3, 0.4) is 0 Å². The molecule has 3 aromatic heterocycles. The zero-order chi connectivity index (χ0) is 30.9. The minimum absolute atomic E-state index is 0.0581. The minimum atomic E-state index is -4.79. The van der Waals surface area contributed by atoms with E-state index in [1.54, 1.807) is 41.3 Å². The van der Waals surface area contributed by atoms with Crippen molar-refractivity contribution in [2.75, 3.05) is 6.61 Å². The number of ether oxygens (including phenoxy) is 1. The van der Waals surface area contributed by atoms with E-state index in [4.69, 9.17) is 16.3 Å². The van der Waals surface area contributed by atoms with Gasteiger partial charge in [-0.05, 0) is 69.7 Å². The Labute approximate surface area is 250 Å². The lowest BCUT2D eigenvalue weighted by Gasteiger charge is -2.29. The summed E-state index contributed by atoms with van der Waals surface area (Å²) in [5.41, 5.74) is -1.07. The van der Waals surface area contributed by atoms with E-state index in [1.165, 1.54) is 0 Å². The number of fused-ring (bicyclic) bond motifs is 1. The topological polar surface area (TPSA) is 111 Å². The molecule has 5 rings (SSSR count). The largest absolute Gasteiger partial charge is 0.475 e. The van der Waals surface area contributed by atoms with Crippen molar-refractivity contribution in [2.24, 2.45) is 5.92 Å². The molecule has 0 saturated heterocycles. The smallest absolute Gasteiger partial charge is 0.434 e. The van der Waals surface area contributed by atoms with Crippen LogP contribution in [-0.2, 0) is 12.7 Å². The molecular weight excluding hydrogens is 587 g/mol. The SMILES string of the molecule is CC(C)(O)COc1ccc(-n2c(=O)n(C[C@H]3CC[C@H](NC(=O)c4cc(Cl)cnc4C(F)(F)F)CC3)c3ccccc32)cn1. The molecule has 0 unspecified atom stereocenters. The van der Waals surface area contributed by atoms with Gasteiger partial charge in [0.25, 0.3) is 5.91 Å². The summed E-state index contributed by atoms with van der Waals surface area (Å²) in [7, 11) is 0. The van der Waals surface area contributed by atoms with Crippen molar-refractivity contribution in [3.8, 4) is 11.6 Å². The van der Waals surface area contributed by atoms with Crippen LogP contribution in [-0.4, -0.2) is 48.4 Å². The fraction of sp³-hybridized carbons (Fsp3) is 0.400. The maximum atomic E-state index is 13.7. The third-order valence-electron chi connectivity index (χ3n) is 7.38. The van der Waals surface area contributed by atoms with Crippen LogP contribution >= 0.6 is 11.6 Å². The molecule has 0 spiro atoms. The van der Waals surface area contributed by atoms with Crippen molar-refractivity contribution in [1.29, 1.82) is 0 Å². The van der Waals surface area contributed by atoms with Gasteiger partial charge in [0.15, 0.2) is 5.69 Å². The summed E-state index contributed by atoms with van der Waals surface area (Å²) >= 11 is 5.82. The Morgan fingerprint density at radius 1 is 1.07 bits per heavy atom. The van der Waals surface area contributed by atoms with E-state index < -0.39 is 28.9 Å². The zero-order valence-corrected chi connectivity index (χ0v) is 24.3.